The zero-order valence-electron chi connectivity index (χ0n) is 7.16. The largest absolute Gasteiger partial charge is 0.549 e. The quantitative estimate of drug-likeness (QED) is 0.338. The van der Waals surface area contributed by atoms with Crippen molar-refractivity contribution in [2.75, 3.05) is 0 Å². The molecule has 0 bridgehead atoms. The summed E-state index contributed by atoms with van der Waals surface area (Å²) in [4.78, 5) is 21.4. The molecule has 0 heterocycles. The lowest BCUT2D eigenvalue weighted by atomic mass is 10.0. The van der Waals surface area contributed by atoms with Crippen LogP contribution in [0.25, 0.3) is 0 Å². The smallest absolute Gasteiger partial charge is 0.166 e. The number of carboxylic acids is 1. The number of carboxylic acid groups (broad SMARTS) is 1. The molecule has 0 aliphatic heterocycles. The number of ketones is 1. The predicted molar refractivity (Wildman–Crippen MR) is 43.1 cm³/mol. The predicted octanol–water partition coefficient (Wildman–Crippen LogP) is 0.0738. The van der Waals surface area contributed by atoms with Gasteiger partial charge in [-0.25, -0.2) is 0 Å². The Labute approximate surface area is 71.4 Å². The van der Waals surface area contributed by atoms with Crippen LogP contribution in [0, 0.1) is 5.92 Å². The van der Waals surface area contributed by atoms with Crippen molar-refractivity contribution in [1.82, 2.24) is 0 Å². The summed E-state index contributed by atoms with van der Waals surface area (Å²) < 4.78 is 0. The van der Waals surface area contributed by atoms with Gasteiger partial charge in [0, 0.05) is 0 Å². The summed E-state index contributed by atoms with van der Waals surface area (Å²) in [7, 11) is 0. The Bertz CT molecular complexity index is 238. The number of allylic oxidation sites excluding steroid dienone is 3. The van der Waals surface area contributed by atoms with Crippen LogP contribution in [-0.2, 0) is 9.59 Å². The van der Waals surface area contributed by atoms with Crippen molar-refractivity contribution in [1.29, 1.82) is 0 Å². The Hall–Kier alpha value is -1.38. The summed E-state index contributed by atoms with van der Waals surface area (Å²) in [5.41, 5.74) is 0.377. The van der Waals surface area contributed by atoms with E-state index in [1.165, 1.54) is 19.1 Å². The maximum atomic E-state index is 11.1. The van der Waals surface area contributed by atoms with Gasteiger partial charge in [0.1, 0.15) is 0 Å². The van der Waals surface area contributed by atoms with Gasteiger partial charge in [-0.15, -0.1) is 0 Å². The lowest BCUT2D eigenvalue weighted by Gasteiger charge is -2.10. The molecule has 0 aromatic rings. The molecule has 0 aromatic heterocycles. The second kappa shape index (κ2) is 4.49. The summed E-state index contributed by atoms with van der Waals surface area (Å²) >= 11 is 0. The number of hydrogen-bond donors (Lipinski definition) is 0. The summed E-state index contributed by atoms with van der Waals surface area (Å²) in [6.45, 7) is 6.24. The lowest BCUT2D eigenvalue weighted by molar-refractivity contribution is -0.309. The molecule has 12 heavy (non-hydrogen) atoms. The molecule has 3 heteroatoms. The summed E-state index contributed by atoms with van der Waals surface area (Å²) in [5, 5.41) is 10.3. The van der Waals surface area contributed by atoms with Crippen LogP contribution in [0.4, 0.5) is 0 Å². The number of carbonyl (C=O) groups is 2. The number of aliphatic carboxylic acids is 1. The van der Waals surface area contributed by atoms with E-state index in [1.807, 2.05) is 0 Å². The first-order valence-electron chi connectivity index (χ1n) is 3.55. The number of carbonyl (C=O) groups excluding carboxylic acids is 2. The first kappa shape index (κ1) is 10.6. The Balaban J connectivity index is 4.50. The topological polar surface area (TPSA) is 57.2 Å². The van der Waals surface area contributed by atoms with Crippen molar-refractivity contribution in [3.63, 3.8) is 0 Å². The minimum absolute atomic E-state index is 0.377. The second-order valence-corrected chi connectivity index (χ2v) is 2.49. The van der Waals surface area contributed by atoms with Crippen LogP contribution in [0.15, 0.2) is 24.3 Å². The van der Waals surface area contributed by atoms with Crippen LogP contribution in [-0.4, -0.2) is 11.8 Å². The molecule has 0 N–H and O–H groups in total. The Kier molecular flexibility index (Phi) is 3.97. The van der Waals surface area contributed by atoms with Crippen LogP contribution in [0.2, 0.25) is 0 Å². The molecule has 0 aliphatic carbocycles. The fourth-order valence-corrected chi connectivity index (χ4v) is 0.707. The van der Waals surface area contributed by atoms with Gasteiger partial charge in [0.2, 0.25) is 0 Å². The first-order valence-corrected chi connectivity index (χ1v) is 3.55. The maximum absolute atomic E-state index is 11.1. The first-order chi connectivity index (χ1) is 5.50. The van der Waals surface area contributed by atoms with Gasteiger partial charge in [-0.1, -0.05) is 18.7 Å². The van der Waals surface area contributed by atoms with Crippen molar-refractivity contribution in [2.24, 2.45) is 5.92 Å². The van der Waals surface area contributed by atoms with E-state index in [0.717, 1.165) is 0 Å². The molecule has 1 unspecified atom stereocenters. The third-order valence-electron chi connectivity index (χ3n) is 1.50. The molecule has 3 nitrogen and oxygen atoms in total. The molecule has 0 saturated heterocycles. The van der Waals surface area contributed by atoms with Crippen molar-refractivity contribution < 1.29 is 14.7 Å². The number of Topliss-reactive ketones (excluding diaryl/α,β-unsaturated/α-hetero) is 1. The SMILES string of the molecule is C=C/C=C(\C)C(=O)C(C)C(=O)[O-]. The molecule has 66 valence electrons. The van der Waals surface area contributed by atoms with E-state index < -0.39 is 17.7 Å². The molecular weight excluding hydrogens is 156 g/mol. The third kappa shape index (κ3) is 2.70. The van der Waals surface area contributed by atoms with E-state index in [1.54, 1.807) is 6.92 Å². The lowest BCUT2D eigenvalue weighted by Crippen LogP contribution is -2.34. The average molecular weight is 167 g/mol. The van der Waals surface area contributed by atoms with Crippen molar-refractivity contribution in [2.45, 2.75) is 13.8 Å². The van der Waals surface area contributed by atoms with Crippen LogP contribution in [0.3, 0.4) is 0 Å². The molecule has 0 fully saturated rings. The third-order valence-corrected chi connectivity index (χ3v) is 1.50. The van der Waals surface area contributed by atoms with Crippen molar-refractivity contribution >= 4 is 11.8 Å². The van der Waals surface area contributed by atoms with E-state index in [0.29, 0.717) is 5.57 Å². The van der Waals surface area contributed by atoms with Gasteiger partial charge >= 0.3 is 0 Å². The summed E-state index contributed by atoms with van der Waals surface area (Å²) in [5.74, 6) is -2.87. The van der Waals surface area contributed by atoms with Gasteiger partial charge in [-0.2, -0.15) is 0 Å². The molecule has 0 radical (unpaired) electrons. The fraction of sp³-hybridized carbons (Fsp3) is 0.333. The van der Waals surface area contributed by atoms with Crippen molar-refractivity contribution in [3.8, 4) is 0 Å². The molecule has 0 saturated carbocycles. The Morgan fingerprint density at radius 3 is 2.33 bits per heavy atom. The maximum Gasteiger partial charge on any atom is 0.166 e. The van der Waals surface area contributed by atoms with Crippen LogP contribution >= 0.6 is 0 Å². The normalized spacial score (nSPS) is 13.7. The highest BCUT2D eigenvalue weighted by molar-refractivity contribution is 6.06. The van der Waals surface area contributed by atoms with Gasteiger partial charge in [0.25, 0.3) is 0 Å². The van der Waals surface area contributed by atoms with E-state index in [9.17, 15) is 14.7 Å². The Morgan fingerprint density at radius 1 is 1.50 bits per heavy atom. The molecule has 0 aromatic carbocycles. The number of rotatable bonds is 4. The minimum atomic E-state index is -1.35. The molecular formula is C9H11O3-. The minimum Gasteiger partial charge on any atom is -0.549 e. The molecule has 1 atom stereocenters. The highest BCUT2D eigenvalue weighted by atomic mass is 16.4. The van der Waals surface area contributed by atoms with Gasteiger partial charge in [-0.05, 0) is 19.4 Å². The monoisotopic (exact) mass is 167 g/mol. The average Bonchev–Trinajstić information content (AvgIpc) is 2.02. The molecule has 0 aliphatic rings. The van der Waals surface area contributed by atoms with Crippen LogP contribution < -0.4 is 5.11 Å². The van der Waals surface area contributed by atoms with E-state index >= 15 is 0 Å². The van der Waals surface area contributed by atoms with E-state index in [4.69, 9.17) is 0 Å². The van der Waals surface area contributed by atoms with Gasteiger partial charge in [0.15, 0.2) is 5.78 Å². The van der Waals surface area contributed by atoms with Gasteiger partial charge in [0.05, 0.1) is 11.9 Å². The molecule has 0 amide bonds. The summed E-state index contributed by atoms with van der Waals surface area (Å²) in [6.07, 6.45) is 2.91. The standard InChI is InChI=1S/C9H12O3/c1-4-5-6(2)8(10)7(3)9(11)12/h4-5,7H,1H2,2-3H3,(H,11,12)/p-1/b6-5+. The van der Waals surface area contributed by atoms with Crippen molar-refractivity contribution in [3.05, 3.63) is 24.3 Å². The molecule has 0 rings (SSSR count). The Morgan fingerprint density at radius 2 is 2.00 bits per heavy atom. The zero-order valence-corrected chi connectivity index (χ0v) is 7.16. The van der Waals surface area contributed by atoms with Crippen LogP contribution in [0.1, 0.15) is 13.8 Å². The zero-order chi connectivity index (χ0) is 9.72. The van der Waals surface area contributed by atoms with Crippen LogP contribution in [0.5, 0.6) is 0 Å². The fourth-order valence-electron chi connectivity index (χ4n) is 0.707. The molecule has 0 spiro atoms. The van der Waals surface area contributed by atoms with Gasteiger partial charge in [-0.3, -0.25) is 4.79 Å². The highest BCUT2D eigenvalue weighted by Crippen LogP contribution is 2.04. The number of hydrogen-bond acceptors (Lipinski definition) is 3. The highest BCUT2D eigenvalue weighted by Gasteiger charge is 2.14. The second-order valence-electron chi connectivity index (χ2n) is 2.49. The van der Waals surface area contributed by atoms with E-state index in [2.05, 4.69) is 6.58 Å². The summed E-state index contributed by atoms with van der Waals surface area (Å²) in [6, 6.07) is 0. The van der Waals surface area contributed by atoms with E-state index in [-0.39, 0.29) is 0 Å². The van der Waals surface area contributed by atoms with Gasteiger partial charge < -0.3 is 9.90 Å².